The molecule has 0 saturated heterocycles. The number of allylic oxidation sites excluding steroid dienone is 1. The Morgan fingerprint density at radius 3 is 2.47 bits per heavy atom. The molecule has 0 aliphatic rings. The van der Waals surface area contributed by atoms with Crippen LogP contribution in [-0.2, 0) is 11.3 Å². The summed E-state index contributed by atoms with van der Waals surface area (Å²) >= 11 is 12.6. The first-order chi connectivity index (χ1) is 14.1. The van der Waals surface area contributed by atoms with E-state index in [1.54, 1.807) is 0 Å². The van der Waals surface area contributed by atoms with Crippen LogP contribution in [0.4, 0.5) is 0 Å². The van der Waals surface area contributed by atoms with Gasteiger partial charge in [0.05, 0.1) is 15.7 Å². The van der Waals surface area contributed by atoms with Gasteiger partial charge in [-0.15, -0.1) is 0 Å². The number of nitrogens with zero attached hydrogens (tertiary/aromatic N) is 2. The summed E-state index contributed by atoms with van der Waals surface area (Å²) in [6.07, 6.45) is 1.49. The highest BCUT2D eigenvalue weighted by Gasteiger charge is 2.17. The van der Waals surface area contributed by atoms with Crippen LogP contribution in [0.25, 0.3) is 5.69 Å². The normalized spacial score (nSPS) is 11.5. The molecule has 1 amide bonds. The minimum atomic E-state index is -0.780. The average molecular weight is 454 g/mol. The summed E-state index contributed by atoms with van der Waals surface area (Å²) in [6.45, 7) is 7.33. The van der Waals surface area contributed by atoms with Crippen LogP contribution < -0.4 is 27.0 Å². The summed E-state index contributed by atoms with van der Waals surface area (Å²) in [6, 6.07) is 2.77. The molecule has 9 nitrogen and oxygen atoms in total. The number of likely N-dealkylation sites (N-methyl/N-ethyl adjacent to an activating group) is 1. The standard InChI is InChI=1S/C19H21Cl2N5O4/c1-9(2)12(17(27)23-4)5-10(3)30-16-13(20)6-11(7-14(16)21)26-19(29)24-18(28)15(8-22)25-26/h5-7,9H,3,8,22H2,1-2,4H3,(H,23,27)(H,24,28,29)/b12-5-. The van der Waals surface area contributed by atoms with Gasteiger partial charge < -0.3 is 15.8 Å². The van der Waals surface area contributed by atoms with E-state index in [0.29, 0.717) is 5.57 Å². The SMILES string of the molecule is C=C(/C=C(\C(=O)NC)C(C)C)Oc1c(Cl)cc(-n2nc(CN)c(=O)[nH]c2=O)cc1Cl. The number of hydrogen-bond acceptors (Lipinski definition) is 6. The van der Waals surface area contributed by atoms with Crippen molar-refractivity contribution >= 4 is 29.1 Å². The number of amides is 1. The second-order valence-electron chi connectivity index (χ2n) is 6.46. The molecule has 160 valence electrons. The number of halogens is 2. The van der Waals surface area contributed by atoms with Crippen LogP contribution >= 0.6 is 23.2 Å². The minimum absolute atomic E-state index is 0.0314. The lowest BCUT2D eigenvalue weighted by atomic mass is 10.0. The van der Waals surface area contributed by atoms with E-state index in [1.165, 1.54) is 25.3 Å². The van der Waals surface area contributed by atoms with E-state index < -0.39 is 11.2 Å². The smallest absolute Gasteiger partial charge is 0.349 e. The number of ether oxygens (including phenoxy) is 1. The van der Waals surface area contributed by atoms with Crippen molar-refractivity contribution in [2.24, 2.45) is 11.7 Å². The van der Waals surface area contributed by atoms with Crippen molar-refractivity contribution in [2.75, 3.05) is 7.05 Å². The molecule has 0 bridgehead atoms. The number of hydrogen-bond donors (Lipinski definition) is 3. The maximum atomic E-state index is 12.1. The number of carbonyl (C=O) groups is 1. The Labute approximate surface area is 182 Å². The van der Waals surface area contributed by atoms with Gasteiger partial charge in [-0.2, -0.15) is 9.78 Å². The minimum Gasteiger partial charge on any atom is -0.455 e. The Balaban J connectivity index is 2.43. The lowest BCUT2D eigenvalue weighted by Crippen LogP contribution is -2.34. The van der Waals surface area contributed by atoms with E-state index in [2.05, 4.69) is 22.0 Å². The highest BCUT2D eigenvalue weighted by molar-refractivity contribution is 6.37. The first-order valence-electron chi connectivity index (χ1n) is 8.81. The fourth-order valence-electron chi connectivity index (χ4n) is 2.48. The van der Waals surface area contributed by atoms with Gasteiger partial charge in [0.15, 0.2) is 5.75 Å². The van der Waals surface area contributed by atoms with Crippen LogP contribution in [0.1, 0.15) is 19.5 Å². The number of carbonyl (C=O) groups excluding carboxylic acids is 1. The number of benzene rings is 1. The zero-order chi connectivity index (χ0) is 22.6. The fraction of sp³-hybridized carbons (Fsp3) is 0.263. The summed E-state index contributed by atoms with van der Waals surface area (Å²) in [5.74, 6) is -0.112. The highest BCUT2D eigenvalue weighted by atomic mass is 35.5. The molecule has 1 aromatic heterocycles. The van der Waals surface area contributed by atoms with E-state index in [0.717, 1.165) is 4.68 Å². The molecule has 11 heteroatoms. The average Bonchev–Trinajstić information content (AvgIpc) is 2.68. The van der Waals surface area contributed by atoms with Crippen molar-refractivity contribution in [1.29, 1.82) is 0 Å². The molecule has 0 aliphatic carbocycles. The summed E-state index contributed by atoms with van der Waals surface area (Å²) in [5.41, 5.74) is 4.64. The molecule has 0 spiro atoms. The van der Waals surface area contributed by atoms with Crippen molar-refractivity contribution in [2.45, 2.75) is 20.4 Å². The summed E-state index contributed by atoms with van der Waals surface area (Å²) in [5, 5.41) is 6.60. The third-order valence-corrected chi connectivity index (χ3v) is 4.54. The Bertz CT molecular complexity index is 1110. The van der Waals surface area contributed by atoms with Gasteiger partial charge in [-0.1, -0.05) is 43.6 Å². The van der Waals surface area contributed by atoms with Gasteiger partial charge in [0.2, 0.25) is 5.91 Å². The van der Waals surface area contributed by atoms with Gasteiger partial charge in [-0.25, -0.2) is 4.79 Å². The first-order valence-corrected chi connectivity index (χ1v) is 9.57. The van der Waals surface area contributed by atoms with Crippen molar-refractivity contribution in [3.05, 3.63) is 72.7 Å². The van der Waals surface area contributed by atoms with E-state index in [-0.39, 0.29) is 51.3 Å². The number of rotatable bonds is 7. The van der Waals surface area contributed by atoms with E-state index in [4.69, 9.17) is 33.7 Å². The number of nitrogens with two attached hydrogens (primary N) is 1. The van der Waals surface area contributed by atoms with Gasteiger partial charge in [-0.3, -0.25) is 14.6 Å². The topological polar surface area (TPSA) is 132 Å². The second-order valence-corrected chi connectivity index (χ2v) is 7.28. The number of aromatic amines is 1. The van der Waals surface area contributed by atoms with Crippen molar-refractivity contribution in [3.63, 3.8) is 0 Å². The molecule has 0 fully saturated rings. The molecule has 2 aromatic rings. The summed E-state index contributed by atoms with van der Waals surface area (Å²) < 4.78 is 6.55. The molecule has 0 atom stereocenters. The van der Waals surface area contributed by atoms with Crippen molar-refractivity contribution in [3.8, 4) is 11.4 Å². The molecular formula is C19H21Cl2N5O4. The van der Waals surface area contributed by atoms with Crippen molar-refractivity contribution in [1.82, 2.24) is 20.1 Å². The fourth-order valence-corrected chi connectivity index (χ4v) is 3.03. The van der Waals surface area contributed by atoms with E-state index in [1.807, 2.05) is 13.8 Å². The molecule has 30 heavy (non-hydrogen) atoms. The molecule has 2 rings (SSSR count). The Morgan fingerprint density at radius 1 is 1.37 bits per heavy atom. The van der Waals surface area contributed by atoms with Gasteiger partial charge >= 0.3 is 5.69 Å². The zero-order valence-corrected chi connectivity index (χ0v) is 18.1. The Morgan fingerprint density at radius 2 is 1.97 bits per heavy atom. The van der Waals surface area contributed by atoms with Crippen LogP contribution in [0, 0.1) is 5.92 Å². The maximum absolute atomic E-state index is 12.1. The molecule has 0 aliphatic heterocycles. The third kappa shape index (κ3) is 5.18. The van der Waals surface area contributed by atoms with E-state index >= 15 is 0 Å². The molecule has 0 radical (unpaired) electrons. The van der Waals surface area contributed by atoms with Gasteiger partial charge in [0.25, 0.3) is 5.56 Å². The molecule has 4 N–H and O–H groups in total. The number of H-pyrrole nitrogens is 1. The van der Waals surface area contributed by atoms with Crippen LogP contribution in [0.3, 0.4) is 0 Å². The Hall–Kier alpha value is -2.88. The highest BCUT2D eigenvalue weighted by Crippen LogP contribution is 2.36. The van der Waals surface area contributed by atoms with Gasteiger partial charge in [0.1, 0.15) is 11.5 Å². The predicted octanol–water partition coefficient (Wildman–Crippen LogP) is 1.91. The van der Waals surface area contributed by atoms with Crippen LogP contribution in [-0.4, -0.2) is 27.7 Å². The largest absolute Gasteiger partial charge is 0.455 e. The van der Waals surface area contributed by atoms with E-state index in [9.17, 15) is 14.4 Å². The van der Waals surface area contributed by atoms with Crippen molar-refractivity contribution < 1.29 is 9.53 Å². The quantitative estimate of drug-likeness (QED) is 0.333. The molecular weight excluding hydrogens is 433 g/mol. The first kappa shape index (κ1) is 23.4. The monoisotopic (exact) mass is 453 g/mol. The number of nitrogens with one attached hydrogen (secondary N) is 2. The van der Waals surface area contributed by atoms with Gasteiger partial charge in [-0.05, 0) is 24.1 Å². The molecule has 0 saturated carbocycles. The Kier molecular flexibility index (Phi) is 7.60. The summed E-state index contributed by atoms with van der Waals surface area (Å²) in [4.78, 5) is 37.8. The molecule has 0 unspecified atom stereocenters. The number of aromatic nitrogens is 3. The lowest BCUT2D eigenvalue weighted by Gasteiger charge is -2.14. The second kappa shape index (κ2) is 9.75. The molecule has 1 aromatic carbocycles. The predicted molar refractivity (Wildman–Crippen MR) is 115 cm³/mol. The summed E-state index contributed by atoms with van der Waals surface area (Å²) in [7, 11) is 1.53. The van der Waals surface area contributed by atoms with Crippen LogP contribution in [0.2, 0.25) is 10.0 Å². The van der Waals surface area contributed by atoms with Gasteiger partial charge in [0, 0.05) is 19.2 Å². The lowest BCUT2D eigenvalue weighted by molar-refractivity contribution is -0.117. The van der Waals surface area contributed by atoms with Crippen LogP contribution in [0.5, 0.6) is 5.75 Å². The third-order valence-electron chi connectivity index (χ3n) is 3.98. The van der Waals surface area contributed by atoms with Crippen LogP contribution in [0.15, 0.2) is 45.7 Å². The zero-order valence-electron chi connectivity index (χ0n) is 16.6. The maximum Gasteiger partial charge on any atom is 0.349 e. The molecule has 1 heterocycles.